The number of hydrogen-bond acceptors (Lipinski definition) is 3. The first-order valence-electron chi connectivity index (χ1n) is 5.43. The molecule has 0 saturated heterocycles. The summed E-state index contributed by atoms with van der Waals surface area (Å²) in [5, 5.41) is 11.8. The minimum absolute atomic E-state index is 0.282. The van der Waals surface area contributed by atoms with Crippen molar-refractivity contribution in [1.82, 2.24) is 19.6 Å². The van der Waals surface area contributed by atoms with Crippen LogP contribution in [0, 0.1) is 0 Å². The topological polar surface area (TPSA) is 47.7 Å². The third-order valence-electron chi connectivity index (χ3n) is 2.68. The summed E-state index contributed by atoms with van der Waals surface area (Å²) in [4.78, 5) is 0. The Labute approximate surface area is 95.1 Å². The fraction of sp³-hybridized carbons (Fsp3) is 0.455. The molecule has 86 valence electrons. The van der Waals surface area contributed by atoms with E-state index in [0.717, 1.165) is 12.2 Å². The summed E-state index contributed by atoms with van der Waals surface area (Å²) in [6, 6.07) is 2.25. The third-order valence-corrected chi connectivity index (χ3v) is 2.68. The van der Waals surface area contributed by atoms with Crippen molar-refractivity contribution in [2.45, 2.75) is 19.4 Å². The Hall–Kier alpha value is -1.78. The Bertz CT molecular complexity index is 456. The van der Waals surface area contributed by atoms with E-state index in [1.54, 1.807) is 6.20 Å². The van der Waals surface area contributed by atoms with Crippen molar-refractivity contribution in [1.29, 1.82) is 0 Å². The molecule has 0 aliphatic rings. The summed E-state index contributed by atoms with van der Waals surface area (Å²) in [6.45, 7) is 2.15. The average molecular weight is 219 g/mol. The minimum atomic E-state index is 0.282. The number of hydrogen-bond donors (Lipinski definition) is 1. The van der Waals surface area contributed by atoms with E-state index < -0.39 is 0 Å². The first-order chi connectivity index (χ1) is 7.70. The van der Waals surface area contributed by atoms with E-state index >= 15 is 0 Å². The minimum Gasteiger partial charge on any atom is -0.363 e. The number of anilines is 1. The van der Waals surface area contributed by atoms with Crippen LogP contribution in [0.5, 0.6) is 0 Å². The fourth-order valence-corrected chi connectivity index (χ4v) is 1.74. The molecule has 1 unspecified atom stereocenters. The highest BCUT2D eigenvalue weighted by molar-refractivity contribution is 5.37. The van der Waals surface area contributed by atoms with Crippen LogP contribution in [0.1, 0.15) is 24.9 Å². The second-order valence-electron chi connectivity index (χ2n) is 3.89. The van der Waals surface area contributed by atoms with E-state index in [1.807, 2.05) is 41.9 Å². The maximum Gasteiger partial charge on any atom is 0.124 e. The zero-order valence-corrected chi connectivity index (χ0v) is 9.88. The molecule has 0 spiro atoms. The second kappa shape index (κ2) is 4.38. The van der Waals surface area contributed by atoms with E-state index in [0.29, 0.717) is 0 Å². The zero-order chi connectivity index (χ0) is 11.5. The lowest BCUT2D eigenvalue weighted by atomic mass is 10.1. The Morgan fingerprint density at radius 3 is 2.69 bits per heavy atom. The maximum atomic E-state index is 4.19. The molecule has 2 heterocycles. The molecule has 0 bridgehead atoms. The van der Waals surface area contributed by atoms with Gasteiger partial charge in [0.25, 0.3) is 0 Å². The van der Waals surface area contributed by atoms with Gasteiger partial charge in [-0.2, -0.15) is 10.2 Å². The summed E-state index contributed by atoms with van der Waals surface area (Å²) in [5.74, 6) is 1.02. The lowest BCUT2D eigenvalue weighted by molar-refractivity contribution is 0.706. The Morgan fingerprint density at radius 2 is 2.19 bits per heavy atom. The van der Waals surface area contributed by atoms with E-state index in [9.17, 15) is 0 Å². The molecule has 2 rings (SSSR count). The van der Waals surface area contributed by atoms with Gasteiger partial charge in [0.15, 0.2) is 0 Å². The largest absolute Gasteiger partial charge is 0.363 e. The molecule has 0 fully saturated rings. The molecule has 2 aromatic heterocycles. The van der Waals surface area contributed by atoms with E-state index in [2.05, 4.69) is 22.4 Å². The highest BCUT2D eigenvalue weighted by atomic mass is 15.3. The number of rotatable bonds is 4. The van der Waals surface area contributed by atoms with Gasteiger partial charge in [0.05, 0.1) is 18.4 Å². The molecule has 0 aliphatic carbocycles. The first-order valence-corrected chi connectivity index (χ1v) is 5.43. The first kappa shape index (κ1) is 10.7. The number of nitrogens with one attached hydrogen (secondary N) is 1. The van der Waals surface area contributed by atoms with Gasteiger partial charge in [0.1, 0.15) is 5.82 Å². The molecular weight excluding hydrogens is 202 g/mol. The zero-order valence-electron chi connectivity index (χ0n) is 9.88. The number of nitrogens with zero attached hydrogens (tertiary/aromatic N) is 4. The Kier molecular flexibility index (Phi) is 2.94. The maximum absolute atomic E-state index is 4.19. The molecule has 0 amide bonds. The van der Waals surface area contributed by atoms with Crippen LogP contribution < -0.4 is 5.32 Å². The quantitative estimate of drug-likeness (QED) is 0.851. The summed E-state index contributed by atoms with van der Waals surface area (Å²) < 4.78 is 3.65. The Morgan fingerprint density at radius 1 is 1.38 bits per heavy atom. The van der Waals surface area contributed by atoms with Gasteiger partial charge < -0.3 is 5.32 Å². The summed E-state index contributed by atoms with van der Waals surface area (Å²) in [6.07, 6.45) is 6.74. The molecule has 0 saturated carbocycles. The van der Waals surface area contributed by atoms with Crippen LogP contribution in [0.3, 0.4) is 0 Å². The highest BCUT2D eigenvalue weighted by Gasteiger charge is 2.12. The van der Waals surface area contributed by atoms with Crippen LogP contribution in [0.15, 0.2) is 24.7 Å². The summed E-state index contributed by atoms with van der Waals surface area (Å²) in [7, 11) is 3.86. The molecule has 2 aromatic rings. The number of aryl methyl sites for hydroxylation is 2. The van der Waals surface area contributed by atoms with Crippen LogP contribution in [0.4, 0.5) is 5.82 Å². The fourth-order valence-electron chi connectivity index (χ4n) is 1.74. The van der Waals surface area contributed by atoms with Crippen LogP contribution in [0.25, 0.3) is 0 Å². The van der Waals surface area contributed by atoms with E-state index in [4.69, 9.17) is 0 Å². The SMILES string of the molecule is CCC(Nc1ccnn1C)c1cnn(C)c1. The lowest BCUT2D eigenvalue weighted by Gasteiger charge is -2.16. The van der Waals surface area contributed by atoms with Gasteiger partial charge in [-0.05, 0) is 6.42 Å². The standard InChI is InChI=1S/C11H17N5/c1-4-10(9-7-13-15(2)8-9)14-11-5-6-12-16(11)3/h5-8,10,14H,4H2,1-3H3. The second-order valence-corrected chi connectivity index (χ2v) is 3.89. The van der Waals surface area contributed by atoms with Crippen molar-refractivity contribution in [2.24, 2.45) is 14.1 Å². The van der Waals surface area contributed by atoms with Gasteiger partial charge in [0, 0.05) is 31.9 Å². The molecule has 0 aliphatic heterocycles. The highest BCUT2D eigenvalue weighted by Crippen LogP contribution is 2.21. The van der Waals surface area contributed by atoms with Gasteiger partial charge in [0.2, 0.25) is 0 Å². The van der Waals surface area contributed by atoms with Crippen molar-refractivity contribution in [3.8, 4) is 0 Å². The molecule has 5 nitrogen and oxygen atoms in total. The van der Waals surface area contributed by atoms with Gasteiger partial charge in [-0.25, -0.2) is 0 Å². The monoisotopic (exact) mass is 219 g/mol. The third kappa shape index (κ3) is 2.08. The molecule has 0 radical (unpaired) electrons. The lowest BCUT2D eigenvalue weighted by Crippen LogP contribution is -2.11. The molecule has 5 heteroatoms. The van der Waals surface area contributed by atoms with Crippen molar-refractivity contribution in [3.63, 3.8) is 0 Å². The Balaban J connectivity index is 2.15. The van der Waals surface area contributed by atoms with Gasteiger partial charge in [-0.1, -0.05) is 6.92 Å². The molecule has 1 atom stereocenters. The van der Waals surface area contributed by atoms with Gasteiger partial charge >= 0.3 is 0 Å². The average Bonchev–Trinajstić information content (AvgIpc) is 2.85. The van der Waals surface area contributed by atoms with Gasteiger partial charge in [-0.3, -0.25) is 9.36 Å². The van der Waals surface area contributed by atoms with E-state index in [1.165, 1.54) is 5.56 Å². The smallest absolute Gasteiger partial charge is 0.124 e. The summed E-state index contributed by atoms with van der Waals surface area (Å²) >= 11 is 0. The molecular formula is C11H17N5. The molecule has 1 N–H and O–H groups in total. The molecule has 0 aromatic carbocycles. The van der Waals surface area contributed by atoms with Crippen molar-refractivity contribution in [3.05, 3.63) is 30.2 Å². The van der Waals surface area contributed by atoms with Crippen LogP contribution >= 0.6 is 0 Å². The predicted molar refractivity (Wildman–Crippen MR) is 63.1 cm³/mol. The predicted octanol–water partition coefficient (Wildman–Crippen LogP) is 1.72. The molecule has 16 heavy (non-hydrogen) atoms. The van der Waals surface area contributed by atoms with Crippen LogP contribution in [0.2, 0.25) is 0 Å². The van der Waals surface area contributed by atoms with Crippen molar-refractivity contribution in [2.75, 3.05) is 5.32 Å². The van der Waals surface area contributed by atoms with Crippen LogP contribution in [-0.2, 0) is 14.1 Å². The number of aromatic nitrogens is 4. The van der Waals surface area contributed by atoms with E-state index in [-0.39, 0.29) is 6.04 Å². The van der Waals surface area contributed by atoms with Crippen molar-refractivity contribution >= 4 is 5.82 Å². The van der Waals surface area contributed by atoms with Gasteiger partial charge in [-0.15, -0.1) is 0 Å². The normalized spacial score (nSPS) is 12.7. The van der Waals surface area contributed by atoms with Crippen molar-refractivity contribution < 1.29 is 0 Å². The van der Waals surface area contributed by atoms with Crippen LogP contribution in [-0.4, -0.2) is 19.6 Å². The summed E-state index contributed by atoms with van der Waals surface area (Å²) in [5.41, 5.74) is 1.20.